The molecule has 0 atom stereocenters. The number of carbonyl (C=O) groups is 1. The summed E-state index contributed by atoms with van der Waals surface area (Å²) in [7, 11) is 1.39. The number of hydrogen-bond donors (Lipinski definition) is 2. The summed E-state index contributed by atoms with van der Waals surface area (Å²) < 4.78 is 4.68. The highest BCUT2D eigenvalue weighted by molar-refractivity contribution is 7.99. The maximum absolute atomic E-state index is 11.3. The maximum atomic E-state index is 11.3. The minimum absolute atomic E-state index is 0.00547. The minimum Gasteiger partial charge on any atom is -0.469 e. The molecule has 0 radical (unpaired) electrons. The summed E-state index contributed by atoms with van der Waals surface area (Å²) in [5.74, 6) is 0.530. The molecule has 7 heteroatoms. The van der Waals surface area contributed by atoms with Crippen LogP contribution in [0.3, 0.4) is 0 Å². The molecule has 0 amide bonds. The van der Waals surface area contributed by atoms with Crippen LogP contribution in [0.2, 0.25) is 0 Å². The van der Waals surface area contributed by atoms with Crippen LogP contribution in [0.1, 0.15) is 19.3 Å². The molecule has 0 unspecified atom stereocenters. The Labute approximate surface area is 108 Å². The molecule has 1 saturated carbocycles. The van der Waals surface area contributed by atoms with Gasteiger partial charge in [0.15, 0.2) is 0 Å². The second kappa shape index (κ2) is 5.01. The normalized spacial score (nSPS) is 16.3. The average Bonchev–Trinajstić information content (AvgIpc) is 3.11. The number of hydrogen-bond acceptors (Lipinski definition) is 6. The lowest BCUT2D eigenvalue weighted by Gasteiger charge is -2.12. The zero-order valence-corrected chi connectivity index (χ0v) is 10.9. The number of methoxy groups -OCH3 is 1. The van der Waals surface area contributed by atoms with Crippen LogP contribution in [0.5, 0.6) is 0 Å². The number of anilines is 1. The fourth-order valence-electron chi connectivity index (χ4n) is 1.66. The van der Waals surface area contributed by atoms with Gasteiger partial charge in [0.25, 0.3) is 5.56 Å². The topological polar surface area (TPSA) is 98.1 Å². The number of thioether (sulfide) groups is 1. The number of nitrogens with one attached hydrogen (secondary N) is 1. The van der Waals surface area contributed by atoms with E-state index in [0.29, 0.717) is 11.4 Å². The fraction of sp³-hybridized carbons (Fsp3) is 0.545. The van der Waals surface area contributed by atoms with Crippen LogP contribution < -0.4 is 11.3 Å². The third-order valence-electron chi connectivity index (χ3n) is 3.07. The van der Waals surface area contributed by atoms with Gasteiger partial charge in [0.2, 0.25) is 0 Å². The van der Waals surface area contributed by atoms with Gasteiger partial charge in [-0.05, 0) is 18.3 Å². The molecular formula is C11H15N3O3S. The van der Waals surface area contributed by atoms with E-state index in [1.807, 2.05) is 0 Å². The third kappa shape index (κ3) is 2.84. The first-order valence-electron chi connectivity index (χ1n) is 5.59. The molecule has 18 heavy (non-hydrogen) atoms. The van der Waals surface area contributed by atoms with Gasteiger partial charge in [0.05, 0.1) is 19.9 Å². The van der Waals surface area contributed by atoms with Crippen LogP contribution in [-0.4, -0.2) is 28.8 Å². The van der Waals surface area contributed by atoms with Crippen molar-refractivity contribution in [3.05, 3.63) is 16.7 Å². The molecule has 2 rings (SSSR count). The number of aromatic nitrogens is 2. The van der Waals surface area contributed by atoms with E-state index in [0.717, 1.165) is 18.6 Å². The summed E-state index contributed by atoms with van der Waals surface area (Å²) in [6.07, 6.45) is 3.75. The van der Waals surface area contributed by atoms with Gasteiger partial charge in [0, 0.05) is 5.75 Å². The van der Waals surface area contributed by atoms with Crippen LogP contribution in [0.4, 0.5) is 5.69 Å². The van der Waals surface area contributed by atoms with Gasteiger partial charge < -0.3 is 15.5 Å². The summed E-state index contributed by atoms with van der Waals surface area (Å²) in [5, 5.41) is 0.523. The molecule has 1 aromatic rings. The molecule has 6 nitrogen and oxygen atoms in total. The van der Waals surface area contributed by atoms with Gasteiger partial charge >= 0.3 is 5.97 Å². The largest absolute Gasteiger partial charge is 0.469 e. The van der Waals surface area contributed by atoms with Crippen molar-refractivity contribution in [2.45, 2.75) is 24.3 Å². The number of H-pyrrole nitrogens is 1. The summed E-state index contributed by atoms with van der Waals surface area (Å²) in [5.41, 5.74) is 5.44. The summed E-state index contributed by atoms with van der Waals surface area (Å²) in [4.78, 5) is 29.0. The van der Waals surface area contributed by atoms with Crippen LogP contribution in [-0.2, 0) is 9.53 Å². The summed E-state index contributed by atoms with van der Waals surface area (Å²) in [6, 6.07) is 0. The van der Waals surface area contributed by atoms with Crippen LogP contribution in [0, 0.1) is 5.41 Å². The predicted molar refractivity (Wildman–Crippen MR) is 68.3 cm³/mol. The zero-order chi connectivity index (χ0) is 13.2. The standard InChI is InChI=1S/C11H15N3O3S/c1-17-7(15)4-11(2-3-11)5-18-10-8(12)9(16)13-6-14-10/h6H,2-5,12H2,1H3,(H,13,14,16). The zero-order valence-electron chi connectivity index (χ0n) is 10.1. The molecule has 0 spiro atoms. The Morgan fingerprint density at radius 1 is 1.67 bits per heavy atom. The Hall–Kier alpha value is -1.50. The molecule has 1 aliphatic rings. The van der Waals surface area contributed by atoms with Crippen molar-refractivity contribution in [1.82, 2.24) is 9.97 Å². The van der Waals surface area contributed by atoms with E-state index in [2.05, 4.69) is 14.7 Å². The average molecular weight is 269 g/mol. The molecular weight excluding hydrogens is 254 g/mol. The van der Waals surface area contributed by atoms with Crippen molar-refractivity contribution >= 4 is 23.4 Å². The van der Waals surface area contributed by atoms with E-state index in [4.69, 9.17) is 5.73 Å². The Balaban J connectivity index is 1.98. The first-order chi connectivity index (χ1) is 8.56. The molecule has 1 aliphatic carbocycles. The molecule has 3 N–H and O–H groups in total. The van der Waals surface area contributed by atoms with Gasteiger partial charge in [-0.2, -0.15) is 0 Å². The van der Waals surface area contributed by atoms with Gasteiger partial charge in [-0.1, -0.05) is 0 Å². The van der Waals surface area contributed by atoms with E-state index < -0.39 is 0 Å². The third-order valence-corrected chi connectivity index (χ3v) is 4.43. The summed E-state index contributed by atoms with van der Waals surface area (Å²) in [6.45, 7) is 0. The van der Waals surface area contributed by atoms with Gasteiger partial charge in [-0.25, -0.2) is 4.98 Å². The van der Waals surface area contributed by atoms with Crippen molar-refractivity contribution in [2.24, 2.45) is 5.41 Å². The monoisotopic (exact) mass is 269 g/mol. The molecule has 0 aromatic carbocycles. The minimum atomic E-state index is -0.328. The lowest BCUT2D eigenvalue weighted by atomic mass is 10.1. The number of nitrogens with two attached hydrogens (primary N) is 1. The highest BCUT2D eigenvalue weighted by atomic mass is 32.2. The second-order valence-corrected chi connectivity index (χ2v) is 5.46. The number of nitrogen functional groups attached to an aromatic ring is 1. The number of carbonyl (C=O) groups excluding carboxylic acids is 1. The van der Waals surface area contributed by atoms with Crippen molar-refractivity contribution in [2.75, 3.05) is 18.6 Å². The maximum Gasteiger partial charge on any atom is 0.306 e. The molecule has 1 aromatic heterocycles. The molecule has 0 saturated heterocycles. The van der Waals surface area contributed by atoms with Gasteiger partial charge in [-0.3, -0.25) is 9.59 Å². The van der Waals surface area contributed by atoms with Crippen molar-refractivity contribution in [3.63, 3.8) is 0 Å². The van der Waals surface area contributed by atoms with E-state index in [1.54, 1.807) is 0 Å². The van der Waals surface area contributed by atoms with Crippen molar-refractivity contribution < 1.29 is 9.53 Å². The number of esters is 1. The lowest BCUT2D eigenvalue weighted by molar-refractivity contribution is -0.141. The Morgan fingerprint density at radius 2 is 2.39 bits per heavy atom. The second-order valence-electron chi connectivity index (χ2n) is 4.49. The summed E-state index contributed by atoms with van der Waals surface area (Å²) >= 11 is 1.42. The lowest BCUT2D eigenvalue weighted by Crippen LogP contribution is -2.16. The van der Waals surface area contributed by atoms with Crippen LogP contribution >= 0.6 is 11.8 Å². The van der Waals surface area contributed by atoms with Crippen molar-refractivity contribution in [1.29, 1.82) is 0 Å². The quantitative estimate of drug-likeness (QED) is 0.466. The van der Waals surface area contributed by atoms with Crippen LogP contribution in [0.15, 0.2) is 16.1 Å². The van der Waals surface area contributed by atoms with Crippen molar-refractivity contribution in [3.8, 4) is 0 Å². The molecule has 0 bridgehead atoms. The first kappa shape index (κ1) is 12.9. The number of nitrogens with zero attached hydrogens (tertiary/aromatic N) is 1. The number of aromatic amines is 1. The number of rotatable bonds is 5. The van der Waals surface area contributed by atoms with Crippen LogP contribution in [0.25, 0.3) is 0 Å². The van der Waals surface area contributed by atoms with Gasteiger partial charge in [-0.15, -0.1) is 11.8 Å². The van der Waals surface area contributed by atoms with Gasteiger partial charge in [0.1, 0.15) is 10.7 Å². The van der Waals surface area contributed by atoms with E-state index in [1.165, 1.54) is 25.2 Å². The van der Waals surface area contributed by atoms with E-state index in [-0.39, 0.29) is 22.6 Å². The predicted octanol–water partition coefficient (Wildman–Crippen LogP) is 0.787. The van der Waals surface area contributed by atoms with E-state index >= 15 is 0 Å². The first-order valence-corrected chi connectivity index (χ1v) is 6.58. The van der Waals surface area contributed by atoms with E-state index in [9.17, 15) is 9.59 Å². The molecule has 0 aliphatic heterocycles. The molecule has 1 heterocycles. The Bertz CT molecular complexity index is 511. The highest BCUT2D eigenvalue weighted by Gasteiger charge is 2.44. The smallest absolute Gasteiger partial charge is 0.306 e. The Morgan fingerprint density at radius 3 is 3.00 bits per heavy atom. The highest BCUT2D eigenvalue weighted by Crippen LogP contribution is 2.52. The number of ether oxygens (including phenoxy) is 1. The fourth-order valence-corrected chi connectivity index (χ4v) is 2.87. The SMILES string of the molecule is COC(=O)CC1(CSc2nc[nH]c(=O)c2N)CC1. The Kier molecular flexibility index (Phi) is 3.60. The molecule has 1 fully saturated rings. The molecule has 98 valence electrons.